The molecule has 72 valence electrons. The molecule has 5 heteroatoms. The Morgan fingerprint density at radius 3 is 2.79 bits per heavy atom. The van der Waals surface area contributed by atoms with E-state index in [0.717, 1.165) is 10.6 Å². The molecule has 0 aliphatic heterocycles. The Morgan fingerprint density at radius 2 is 2.21 bits per heavy atom. The normalized spacial score (nSPS) is 10.1. The molecule has 0 saturated heterocycles. The van der Waals surface area contributed by atoms with Crippen molar-refractivity contribution in [2.45, 2.75) is 0 Å². The molecule has 2 heterocycles. The predicted octanol–water partition coefficient (Wildman–Crippen LogP) is 1.30. The van der Waals surface area contributed by atoms with Crippen molar-refractivity contribution in [2.75, 3.05) is 14.1 Å². The summed E-state index contributed by atoms with van der Waals surface area (Å²) in [4.78, 5) is 4.07. The van der Waals surface area contributed by atoms with Crippen molar-refractivity contribution in [1.82, 2.24) is 13.9 Å². The van der Waals surface area contributed by atoms with Crippen molar-refractivity contribution in [3.05, 3.63) is 28.5 Å². The summed E-state index contributed by atoms with van der Waals surface area (Å²) in [5, 5.41) is 1.03. The van der Waals surface area contributed by atoms with Gasteiger partial charge >= 0.3 is 3.98 Å². The summed E-state index contributed by atoms with van der Waals surface area (Å²) in [6.07, 6.45) is 3.61. The third-order valence-corrected chi connectivity index (χ3v) is 4.11. The molecule has 0 spiro atoms. The first-order valence-electron chi connectivity index (χ1n) is 4.15. The summed E-state index contributed by atoms with van der Waals surface area (Å²) in [5.41, 5.74) is 1.09. The van der Waals surface area contributed by atoms with E-state index in [0.29, 0.717) is 0 Å². The van der Waals surface area contributed by atoms with E-state index < -0.39 is 0 Å². The number of hydrogen-bond acceptors (Lipinski definition) is 4. The monoisotopic (exact) mass is 224 g/mol. The van der Waals surface area contributed by atoms with Gasteiger partial charge in [-0.2, -0.15) is 4.37 Å². The highest BCUT2D eigenvalue weighted by Gasteiger charge is 2.05. The van der Waals surface area contributed by atoms with Gasteiger partial charge in [0.05, 0.1) is 0 Å². The lowest BCUT2D eigenvalue weighted by Crippen LogP contribution is -2.14. The molecule has 0 unspecified atom stereocenters. The largest absolute Gasteiger partial charge is 0.333 e. The van der Waals surface area contributed by atoms with E-state index in [4.69, 9.17) is 0 Å². The summed E-state index contributed by atoms with van der Waals surface area (Å²) in [6, 6.07) is 3.95. The smallest absolute Gasteiger partial charge is 0.264 e. The minimum Gasteiger partial charge on any atom is -0.264 e. The molecule has 14 heavy (non-hydrogen) atoms. The zero-order valence-corrected chi connectivity index (χ0v) is 9.60. The van der Waals surface area contributed by atoms with Gasteiger partial charge in [-0.05, 0) is 23.5 Å². The van der Waals surface area contributed by atoms with Gasteiger partial charge in [-0.25, -0.2) is 4.58 Å². The van der Waals surface area contributed by atoms with E-state index >= 15 is 0 Å². The minimum absolute atomic E-state index is 1.03. The summed E-state index contributed by atoms with van der Waals surface area (Å²) in [5.74, 6) is 0. The van der Waals surface area contributed by atoms with Crippen molar-refractivity contribution in [3.63, 3.8) is 0 Å². The molecule has 0 atom stereocenters. The molecule has 0 amide bonds. The fourth-order valence-electron chi connectivity index (χ4n) is 0.974. The second-order valence-corrected chi connectivity index (χ2v) is 4.98. The molecule has 0 bridgehead atoms. The summed E-state index contributed by atoms with van der Waals surface area (Å²) < 4.78 is 7.66. The second kappa shape index (κ2) is 3.98. The SMILES string of the molecule is C[N+](C)=c1snc(-c2cccnc2)s1. The number of aromatic nitrogens is 2. The molecule has 3 nitrogen and oxygen atoms in total. The summed E-state index contributed by atoms with van der Waals surface area (Å²) in [6.45, 7) is 0. The van der Waals surface area contributed by atoms with Gasteiger partial charge in [-0.3, -0.25) is 4.98 Å². The van der Waals surface area contributed by atoms with Crippen molar-refractivity contribution in [2.24, 2.45) is 0 Å². The van der Waals surface area contributed by atoms with E-state index in [1.807, 2.05) is 32.4 Å². The van der Waals surface area contributed by atoms with Crippen LogP contribution in [0.15, 0.2) is 24.5 Å². The van der Waals surface area contributed by atoms with Crippen LogP contribution in [0.3, 0.4) is 0 Å². The molecular formula is C9H10N3S2+. The first kappa shape index (κ1) is 9.48. The van der Waals surface area contributed by atoms with Gasteiger partial charge in [0, 0.05) is 29.5 Å². The maximum Gasteiger partial charge on any atom is 0.333 e. The van der Waals surface area contributed by atoms with Crippen LogP contribution in [0.1, 0.15) is 0 Å². The van der Waals surface area contributed by atoms with Crippen LogP contribution in [0.25, 0.3) is 10.6 Å². The quantitative estimate of drug-likeness (QED) is 0.683. The molecular weight excluding hydrogens is 214 g/mol. The Kier molecular flexibility index (Phi) is 2.69. The lowest BCUT2D eigenvalue weighted by atomic mass is 10.3. The first-order valence-corrected chi connectivity index (χ1v) is 5.74. The summed E-state index contributed by atoms with van der Waals surface area (Å²) in [7, 11) is 4.05. The third-order valence-electron chi connectivity index (χ3n) is 1.66. The Labute approximate surface area is 90.2 Å². The highest BCUT2D eigenvalue weighted by molar-refractivity contribution is 7.25. The summed E-state index contributed by atoms with van der Waals surface area (Å²) >= 11 is 3.21. The molecule has 2 aromatic rings. The lowest BCUT2D eigenvalue weighted by Gasteiger charge is -1.89. The number of nitrogens with zero attached hydrogens (tertiary/aromatic N) is 3. The van der Waals surface area contributed by atoms with Crippen LogP contribution in [0.2, 0.25) is 0 Å². The van der Waals surface area contributed by atoms with Crippen LogP contribution < -0.4 is 8.56 Å². The molecule has 0 aliphatic rings. The van der Waals surface area contributed by atoms with E-state index in [1.54, 1.807) is 17.5 Å². The highest BCUT2D eigenvalue weighted by atomic mass is 32.2. The fraction of sp³-hybridized carbons (Fsp3) is 0.222. The molecule has 0 aromatic carbocycles. The molecule has 0 N–H and O–H groups in total. The van der Waals surface area contributed by atoms with Crippen LogP contribution in [-0.4, -0.2) is 23.5 Å². The van der Waals surface area contributed by atoms with Gasteiger partial charge in [0.2, 0.25) is 0 Å². The Bertz CT molecular complexity index is 480. The van der Waals surface area contributed by atoms with Gasteiger partial charge in [-0.1, -0.05) is 0 Å². The number of rotatable bonds is 1. The third kappa shape index (κ3) is 1.88. The molecule has 0 saturated carbocycles. The van der Waals surface area contributed by atoms with Crippen LogP contribution >= 0.6 is 22.9 Å². The molecule has 0 fully saturated rings. The van der Waals surface area contributed by atoms with E-state index in [1.165, 1.54) is 15.5 Å². The predicted molar refractivity (Wildman–Crippen MR) is 60.3 cm³/mol. The lowest BCUT2D eigenvalue weighted by molar-refractivity contribution is 0.844. The zero-order valence-electron chi connectivity index (χ0n) is 7.97. The number of hydrogen-bond donors (Lipinski definition) is 0. The van der Waals surface area contributed by atoms with Gasteiger partial charge in [0.25, 0.3) is 0 Å². The average Bonchev–Trinajstić information content (AvgIpc) is 2.68. The van der Waals surface area contributed by atoms with Crippen molar-refractivity contribution < 1.29 is 0 Å². The van der Waals surface area contributed by atoms with Gasteiger partial charge < -0.3 is 0 Å². The first-order chi connectivity index (χ1) is 6.77. The van der Waals surface area contributed by atoms with Gasteiger partial charge in [-0.15, -0.1) is 0 Å². The van der Waals surface area contributed by atoms with Crippen LogP contribution in [0, 0.1) is 0 Å². The van der Waals surface area contributed by atoms with Crippen molar-refractivity contribution in [1.29, 1.82) is 0 Å². The molecule has 2 rings (SSSR count). The van der Waals surface area contributed by atoms with Crippen LogP contribution in [-0.2, 0) is 0 Å². The maximum atomic E-state index is 4.39. The van der Waals surface area contributed by atoms with Crippen LogP contribution in [0.5, 0.6) is 0 Å². The van der Waals surface area contributed by atoms with Gasteiger partial charge in [0.1, 0.15) is 19.1 Å². The second-order valence-electron chi connectivity index (χ2n) is 2.99. The van der Waals surface area contributed by atoms with E-state index in [-0.39, 0.29) is 0 Å². The number of pyridine rings is 1. The van der Waals surface area contributed by atoms with E-state index in [9.17, 15) is 0 Å². The highest BCUT2D eigenvalue weighted by Crippen LogP contribution is 2.18. The molecule has 2 aromatic heterocycles. The topological polar surface area (TPSA) is 28.8 Å². The minimum atomic E-state index is 1.03. The average molecular weight is 224 g/mol. The Balaban J connectivity index is 2.50. The maximum absolute atomic E-state index is 4.39. The van der Waals surface area contributed by atoms with Crippen molar-refractivity contribution >= 4 is 22.9 Å². The van der Waals surface area contributed by atoms with E-state index in [2.05, 4.69) is 13.9 Å². The molecule has 0 radical (unpaired) electrons. The fourth-order valence-corrected chi connectivity index (χ4v) is 2.75. The van der Waals surface area contributed by atoms with Crippen LogP contribution in [0.4, 0.5) is 0 Å². The van der Waals surface area contributed by atoms with Crippen molar-refractivity contribution in [3.8, 4) is 10.6 Å². The Hall–Kier alpha value is -1.07. The zero-order chi connectivity index (χ0) is 9.97. The standard InChI is InChI=1S/C9H10N3S2/c1-12(2)9-13-8(11-14-9)7-4-3-5-10-6-7/h3-6H,1-2H3/q+1. The Morgan fingerprint density at radius 1 is 1.36 bits per heavy atom. The van der Waals surface area contributed by atoms with Gasteiger partial charge in [0.15, 0.2) is 0 Å². The molecule has 0 aliphatic carbocycles.